The number of carbonyl (C=O) groups excluding carboxylic acids is 2. The highest BCUT2D eigenvalue weighted by Crippen LogP contribution is 2.06. The monoisotopic (exact) mass is 402 g/mol. The number of rotatable bonds is 6. The molecule has 0 aliphatic heterocycles. The van der Waals surface area contributed by atoms with Gasteiger partial charge in [0.15, 0.2) is 5.11 Å². The van der Waals surface area contributed by atoms with Crippen molar-refractivity contribution in [3.8, 4) is 0 Å². The summed E-state index contributed by atoms with van der Waals surface area (Å²) in [5.41, 5.74) is 6.44. The summed E-state index contributed by atoms with van der Waals surface area (Å²) in [6, 6.07) is 14.0. The number of hydrazine groups is 1. The zero-order valence-corrected chi connectivity index (χ0v) is 16.5. The van der Waals surface area contributed by atoms with E-state index in [4.69, 9.17) is 12.2 Å². The molecule has 28 heavy (non-hydrogen) atoms. The molecule has 0 aliphatic carbocycles. The van der Waals surface area contributed by atoms with Crippen molar-refractivity contribution in [2.24, 2.45) is 5.92 Å². The van der Waals surface area contributed by atoms with Crippen LogP contribution in [0.3, 0.4) is 0 Å². The van der Waals surface area contributed by atoms with Gasteiger partial charge in [-0.1, -0.05) is 44.2 Å². The molecule has 0 saturated heterocycles. The maximum Gasteiger partial charge on any atom is 0.261 e. The third-order valence-electron chi connectivity index (χ3n) is 3.94. The van der Waals surface area contributed by atoms with Gasteiger partial charge in [0.2, 0.25) is 0 Å². The third-order valence-corrected chi connectivity index (χ3v) is 4.18. The Morgan fingerprint density at radius 2 is 1.64 bits per heavy atom. The molecule has 2 amide bonds. The number of benzene rings is 2. The number of hydrogen-bond acceptors (Lipinski definition) is 3. The van der Waals surface area contributed by atoms with Crippen LogP contribution in [-0.4, -0.2) is 23.0 Å². The first-order chi connectivity index (χ1) is 13.4. The Kier molecular flexibility index (Phi) is 7.88. The fourth-order valence-electron chi connectivity index (χ4n) is 2.38. The van der Waals surface area contributed by atoms with E-state index in [9.17, 15) is 14.0 Å². The number of carbonyl (C=O) groups is 2. The standard InChI is InChI=1S/C20H23FN4O2S/c1-13(2)17(23-18(26)15-8-10-16(21)11-9-15)19(27)24-25-20(28)22-12-14-6-4-3-5-7-14/h3-11,13,17H,12H2,1-2H3,(H,23,26)(H,24,27)(H2,22,25,28)/t17-/m0/s1. The first-order valence-electron chi connectivity index (χ1n) is 8.81. The van der Waals surface area contributed by atoms with Crippen LogP contribution < -0.4 is 21.5 Å². The van der Waals surface area contributed by atoms with Gasteiger partial charge < -0.3 is 10.6 Å². The SMILES string of the molecule is CC(C)[C@H](NC(=O)c1ccc(F)cc1)C(=O)NNC(=S)NCc1ccccc1. The number of thiocarbonyl (C=S) groups is 1. The van der Waals surface area contributed by atoms with Gasteiger partial charge in [0, 0.05) is 12.1 Å². The molecule has 148 valence electrons. The van der Waals surface area contributed by atoms with Crippen LogP contribution in [0.15, 0.2) is 54.6 Å². The Balaban J connectivity index is 1.85. The second-order valence-corrected chi connectivity index (χ2v) is 6.89. The number of nitrogens with one attached hydrogen (secondary N) is 4. The molecule has 2 aromatic carbocycles. The first kappa shape index (κ1) is 21.3. The van der Waals surface area contributed by atoms with Gasteiger partial charge >= 0.3 is 0 Å². The van der Waals surface area contributed by atoms with Gasteiger partial charge in [-0.25, -0.2) is 4.39 Å². The molecule has 4 N–H and O–H groups in total. The van der Waals surface area contributed by atoms with E-state index in [1.54, 1.807) is 13.8 Å². The predicted octanol–water partition coefficient (Wildman–Crippen LogP) is 2.28. The van der Waals surface area contributed by atoms with Crippen LogP contribution in [0.1, 0.15) is 29.8 Å². The fraction of sp³-hybridized carbons (Fsp3) is 0.250. The van der Waals surface area contributed by atoms with Gasteiger partial charge in [0.25, 0.3) is 11.8 Å². The zero-order valence-electron chi connectivity index (χ0n) is 15.7. The quantitative estimate of drug-likeness (QED) is 0.440. The lowest BCUT2D eigenvalue weighted by atomic mass is 10.0. The van der Waals surface area contributed by atoms with Crippen LogP contribution in [-0.2, 0) is 11.3 Å². The van der Waals surface area contributed by atoms with Gasteiger partial charge in [0.1, 0.15) is 11.9 Å². The molecule has 0 heterocycles. The van der Waals surface area contributed by atoms with Crippen LogP contribution in [0, 0.1) is 11.7 Å². The van der Waals surface area contributed by atoms with E-state index in [0.717, 1.165) is 5.56 Å². The summed E-state index contributed by atoms with van der Waals surface area (Å²) in [4.78, 5) is 24.7. The van der Waals surface area contributed by atoms with Gasteiger partial charge in [-0.2, -0.15) is 0 Å². The van der Waals surface area contributed by atoms with Crippen LogP contribution >= 0.6 is 12.2 Å². The summed E-state index contributed by atoms with van der Waals surface area (Å²) in [7, 11) is 0. The summed E-state index contributed by atoms with van der Waals surface area (Å²) in [5, 5.41) is 5.89. The Morgan fingerprint density at radius 1 is 1.00 bits per heavy atom. The van der Waals surface area contributed by atoms with Crippen molar-refractivity contribution >= 4 is 29.1 Å². The lowest BCUT2D eigenvalue weighted by molar-refractivity contribution is -0.124. The highest BCUT2D eigenvalue weighted by Gasteiger charge is 2.24. The Hall–Kier alpha value is -3.00. The molecule has 0 fully saturated rings. The zero-order chi connectivity index (χ0) is 20.5. The van der Waals surface area contributed by atoms with E-state index in [2.05, 4.69) is 21.5 Å². The maximum absolute atomic E-state index is 13.0. The number of halogens is 1. The van der Waals surface area contributed by atoms with Gasteiger partial charge in [0.05, 0.1) is 0 Å². The minimum Gasteiger partial charge on any atom is -0.357 e. The van der Waals surface area contributed by atoms with E-state index in [1.807, 2.05) is 30.3 Å². The van der Waals surface area contributed by atoms with Crippen LogP contribution in [0.5, 0.6) is 0 Å². The van der Waals surface area contributed by atoms with Crippen molar-refractivity contribution in [3.63, 3.8) is 0 Å². The van der Waals surface area contributed by atoms with Crippen LogP contribution in [0.25, 0.3) is 0 Å². The Bertz CT molecular complexity index is 813. The van der Waals surface area contributed by atoms with E-state index in [0.29, 0.717) is 6.54 Å². The van der Waals surface area contributed by atoms with E-state index < -0.39 is 23.7 Å². The third kappa shape index (κ3) is 6.62. The van der Waals surface area contributed by atoms with Gasteiger partial charge in [-0.15, -0.1) is 0 Å². The predicted molar refractivity (Wildman–Crippen MR) is 110 cm³/mol. The second kappa shape index (κ2) is 10.4. The van der Waals surface area contributed by atoms with Crippen LogP contribution in [0.2, 0.25) is 0 Å². The molecule has 0 bridgehead atoms. The minimum atomic E-state index is -0.790. The Labute approximate surface area is 168 Å². The summed E-state index contributed by atoms with van der Waals surface area (Å²) in [6.07, 6.45) is 0. The molecule has 0 aliphatic rings. The van der Waals surface area contributed by atoms with Gasteiger partial charge in [-0.05, 0) is 48.0 Å². The van der Waals surface area contributed by atoms with Crippen molar-refractivity contribution < 1.29 is 14.0 Å². The summed E-state index contributed by atoms with van der Waals surface area (Å²) in [6.45, 7) is 4.12. The number of hydrogen-bond donors (Lipinski definition) is 4. The largest absolute Gasteiger partial charge is 0.357 e. The molecule has 0 aromatic heterocycles. The topological polar surface area (TPSA) is 82.3 Å². The molecule has 0 spiro atoms. The van der Waals surface area contributed by atoms with Gasteiger partial charge in [-0.3, -0.25) is 20.4 Å². The molecule has 0 saturated carbocycles. The molecule has 2 aromatic rings. The van der Waals surface area contributed by atoms with Crippen molar-refractivity contribution in [2.45, 2.75) is 26.4 Å². The van der Waals surface area contributed by atoms with Crippen molar-refractivity contribution in [3.05, 3.63) is 71.5 Å². The van der Waals surface area contributed by atoms with E-state index in [-0.39, 0.29) is 16.6 Å². The normalized spacial score (nSPS) is 11.4. The molecule has 2 rings (SSSR count). The molecule has 1 atom stereocenters. The second-order valence-electron chi connectivity index (χ2n) is 6.48. The molecule has 0 radical (unpaired) electrons. The molecular formula is C20H23FN4O2S. The van der Waals surface area contributed by atoms with E-state index >= 15 is 0 Å². The van der Waals surface area contributed by atoms with Crippen molar-refractivity contribution in [1.29, 1.82) is 0 Å². The van der Waals surface area contributed by atoms with E-state index in [1.165, 1.54) is 24.3 Å². The average Bonchev–Trinajstić information content (AvgIpc) is 2.69. The smallest absolute Gasteiger partial charge is 0.261 e. The fourth-order valence-corrected chi connectivity index (χ4v) is 2.50. The summed E-state index contributed by atoms with van der Waals surface area (Å²) >= 11 is 5.14. The lowest BCUT2D eigenvalue weighted by Gasteiger charge is -2.22. The summed E-state index contributed by atoms with van der Waals surface area (Å²) in [5.74, 6) is -1.50. The molecule has 8 heteroatoms. The van der Waals surface area contributed by atoms with Crippen molar-refractivity contribution in [2.75, 3.05) is 0 Å². The molecule has 0 unspecified atom stereocenters. The highest BCUT2D eigenvalue weighted by molar-refractivity contribution is 7.80. The summed E-state index contributed by atoms with van der Waals surface area (Å²) < 4.78 is 13.0. The van der Waals surface area contributed by atoms with Crippen LogP contribution in [0.4, 0.5) is 4.39 Å². The maximum atomic E-state index is 13.0. The number of amides is 2. The van der Waals surface area contributed by atoms with Crippen molar-refractivity contribution in [1.82, 2.24) is 21.5 Å². The molecule has 6 nitrogen and oxygen atoms in total. The first-order valence-corrected chi connectivity index (χ1v) is 9.21. The molecular weight excluding hydrogens is 379 g/mol. The average molecular weight is 402 g/mol. The lowest BCUT2D eigenvalue weighted by Crippen LogP contribution is -2.55. The minimum absolute atomic E-state index is 0.169. The highest BCUT2D eigenvalue weighted by atomic mass is 32.1. The Morgan fingerprint density at radius 3 is 2.25 bits per heavy atom.